The Bertz CT molecular complexity index is 190. The fraction of sp³-hybridized carbons (Fsp3) is 1.00. The number of rotatable bonds is 3. The van der Waals surface area contributed by atoms with E-state index in [1.807, 2.05) is 0 Å². The van der Waals surface area contributed by atoms with Gasteiger partial charge >= 0.3 is 0 Å². The molecule has 3 nitrogen and oxygen atoms in total. The Labute approximate surface area is 93.1 Å². The maximum atomic E-state index is 9.73. The van der Waals surface area contributed by atoms with E-state index in [1.165, 1.54) is 52.0 Å². The average molecular weight is 212 g/mol. The first-order valence-electron chi connectivity index (χ1n) is 6.34. The van der Waals surface area contributed by atoms with Crippen LogP contribution in [0.15, 0.2) is 0 Å². The van der Waals surface area contributed by atoms with E-state index in [1.54, 1.807) is 0 Å². The highest BCUT2D eigenvalue weighted by molar-refractivity contribution is 4.78. The van der Waals surface area contributed by atoms with Crippen molar-refractivity contribution in [2.75, 3.05) is 39.8 Å². The largest absolute Gasteiger partial charge is 0.393 e. The zero-order valence-corrected chi connectivity index (χ0v) is 9.86. The molecule has 2 fully saturated rings. The second kappa shape index (κ2) is 5.28. The van der Waals surface area contributed by atoms with Gasteiger partial charge in [-0.2, -0.15) is 0 Å². The predicted octanol–water partition coefficient (Wildman–Crippen LogP) is 0.785. The van der Waals surface area contributed by atoms with E-state index in [0.29, 0.717) is 5.92 Å². The Balaban J connectivity index is 1.65. The highest BCUT2D eigenvalue weighted by atomic mass is 16.3. The van der Waals surface area contributed by atoms with Crippen molar-refractivity contribution in [3.8, 4) is 0 Å². The van der Waals surface area contributed by atoms with Gasteiger partial charge in [-0.25, -0.2) is 0 Å². The fourth-order valence-corrected chi connectivity index (χ4v) is 2.77. The first-order valence-corrected chi connectivity index (χ1v) is 6.34. The molecule has 1 saturated heterocycles. The van der Waals surface area contributed by atoms with Gasteiger partial charge in [-0.15, -0.1) is 0 Å². The second-order valence-corrected chi connectivity index (χ2v) is 5.19. The van der Waals surface area contributed by atoms with Gasteiger partial charge in [-0.05, 0) is 38.8 Å². The van der Waals surface area contributed by atoms with Crippen LogP contribution in [-0.2, 0) is 0 Å². The van der Waals surface area contributed by atoms with Crippen molar-refractivity contribution in [2.24, 2.45) is 5.92 Å². The molecular weight excluding hydrogens is 188 g/mol. The molecule has 0 spiro atoms. The monoisotopic (exact) mass is 212 g/mol. The van der Waals surface area contributed by atoms with E-state index in [9.17, 15) is 5.11 Å². The van der Waals surface area contributed by atoms with Crippen LogP contribution in [0, 0.1) is 5.92 Å². The van der Waals surface area contributed by atoms with Gasteiger partial charge in [-0.3, -0.25) is 0 Å². The van der Waals surface area contributed by atoms with E-state index < -0.39 is 0 Å². The number of aliphatic hydroxyl groups is 1. The fourth-order valence-electron chi connectivity index (χ4n) is 2.77. The smallest absolute Gasteiger partial charge is 0.0568 e. The van der Waals surface area contributed by atoms with Gasteiger partial charge in [0.05, 0.1) is 6.10 Å². The minimum atomic E-state index is -0.00235. The number of piperazine rings is 1. The molecule has 1 aliphatic heterocycles. The summed E-state index contributed by atoms with van der Waals surface area (Å²) < 4.78 is 0. The summed E-state index contributed by atoms with van der Waals surface area (Å²) in [6.07, 6.45) is 4.71. The summed E-state index contributed by atoms with van der Waals surface area (Å²) in [7, 11) is 2.19. The average Bonchev–Trinajstić information content (AvgIpc) is 2.63. The molecule has 0 bridgehead atoms. The predicted molar refractivity (Wildman–Crippen MR) is 61.9 cm³/mol. The number of aliphatic hydroxyl groups excluding tert-OH is 1. The van der Waals surface area contributed by atoms with Crippen molar-refractivity contribution >= 4 is 0 Å². The summed E-state index contributed by atoms with van der Waals surface area (Å²) in [4.78, 5) is 4.94. The van der Waals surface area contributed by atoms with Crippen LogP contribution in [0.25, 0.3) is 0 Å². The highest BCUT2D eigenvalue weighted by Gasteiger charge is 2.25. The Kier molecular flexibility index (Phi) is 4.00. The van der Waals surface area contributed by atoms with Gasteiger partial charge in [0.25, 0.3) is 0 Å². The zero-order valence-electron chi connectivity index (χ0n) is 9.86. The van der Waals surface area contributed by atoms with E-state index in [2.05, 4.69) is 16.8 Å². The van der Waals surface area contributed by atoms with E-state index in [0.717, 1.165) is 6.42 Å². The first kappa shape index (κ1) is 11.4. The topological polar surface area (TPSA) is 26.7 Å². The minimum Gasteiger partial charge on any atom is -0.393 e. The number of hydrogen-bond acceptors (Lipinski definition) is 3. The number of nitrogens with zero attached hydrogens (tertiary/aromatic N) is 2. The summed E-state index contributed by atoms with van der Waals surface area (Å²) in [6, 6.07) is 0. The van der Waals surface area contributed by atoms with Gasteiger partial charge < -0.3 is 14.9 Å². The quantitative estimate of drug-likeness (QED) is 0.749. The van der Waals surface area contributed by atoms with Crippen LogP contribution >= 0.6 is 0 Å². The molecule has 3 heteroatoms. The lowest BCUT2D eigenvalue weighted by atomic mass is 10.0. The molecule has 1 N–H and O–H groups in total. The Morgan fingerprint density at radius 1 is 1.13 bits per heavy atom. The van der Waals surface area contributed by atoms with Crippen molar-refractivity contribution < 1.29 is 5.11 Å². The van der Waals surface area contributed by atoms with Crippen molar-refractivity contribution in [2.45, 2.75) is 31.8 Å². The molecule has 2 atom stereocenters. The van der Waals surface area contributed by atoms with Crippen LogP contribution < -0.4 is 0 Å². The van der Waals surface area contributed by atoms with Gasteiger partial charge in [0.2, 0.25) is 0 Å². The van der Waals surface area contributed by atoms with Crippen molar-refractivity contribution in [1.29, 1.82) is 0 Å². The molecule has 0 aromatic rings. The molecular formula is C12H24N2O. The first-order chi connectivity index (χ1) is 7.25. The number of hydrogen-bond donors (Lipinski definition) is 1. The van der Waals surface area contributed by atoms with Crippen LogP contribution in [0.3, 0.4) is 0 Å². The van der Waals surface area contributed by atoms with E-state index >= 15 is 0 Å². The van der Waals surface area contributed by atoms with Crippen molar-refractivity contribution in [3.63, 3.8) is 0 Å². The third kappa shape index (κ3) is 3.16. The molecule has 1 saturated carbocycles. The summed E-state index contributed by atoms with van der Waals surface area (Å²) in [5.74, 6) is 0.588. The highest BCUT2D eigenvalue weighted by Crippen LogP contribution is 2.28. The van der Waals surface area contributed by atoms with Gasteiger partial charge in [0.15, 0.2) is 0 Å². The van der Waals surface area contributed by atoms with Gasteiger partial charge in [0.1, 0.15) is 0 Å². The minimum absolute atomic E-state index is 0.00235. The lowest BCUT2D eigenvalue weighted by Gasteiger charge is -2.33. The maximum Gasteiger partial charge on any atom is 0.0568 e. The summed E-state index contributed by atoms with van der Waals surface area (Å²) in [5.41, 5.74) is 0. The van der Waals surface area contributed by atoms with Crippen LogP contribution in [0.2, 0.25) is 0 Å². The molecule has 1 heterocycles. The lowest BCUT2D eigenvalue weighted by molar-refractivity contribution is 0.104. The second-order valence-electron chi connectivity index (χ2n) is 5.19. The van der Waals surface area contributed by atoms with Crippen molar-refractivity contribution in [3.05, 3.63) is 0 Å². The number of likely N-dealkylation sites (N-methyl/N-ethyl adjacent to an activating group) is 1. The lowest BCUT2D eigenvalue weighted by Crippen LogP contribution is -2.45. The van der Waals surface area contributed by atoms with Crippen LogP contribution in [0.4, 0.5) is 0 Å². The third-order valence-corrected chi connectivity index (χ3v) is 4.03. The maximum absolute atomic E-state index is 9.73. The summed E-state index contributed by atoms with van der Waals surface area (Å²) in [6.45, 7) is 6.01. The molecule has 2 rings (SSSR count). The molecule has 2 aliphatic rings. The molecule has 0 aromatic carbocycles. The molecule has 15 heavy (non-hydrogen) atoms. The standard InChI is InChI=1S/C12H24N2O/c1-13-7-9-14(10-8-13)6-5-11-3-2-4-12(11)15/h11-12,15H,2-10H2,1H3. The molecule has 0 amide bonds. The van der Waals surface area contributed by atoms with Crippen LogP contribution in [-0.4, -0.2) is 60.8 Å². The van der Waals surface area contributed by atoms with E-state index in [4.69, 9.17) is 0 Å². The molecule has 0 radical (unpaired) electrons. The summed E-state index contributed by atoms with van der Waals surface area (Å²) in [5, 5.41) is 9.73. The van der Waals surface area contributed by atoms with Crippen LogP contribution in [0.5, 0.6) is 0 Å². The zero-order chi connectivity index (χ0) is 10.7. The SMILES string of the molecule is CN1CCN(CCC2CCCC2O)CC1. The molecule has 88 valence electrons. The summed E-state index contributed by atoms with van der Waals surface area (Å²) >= 11 is 0. The Morgan fingerprint density at radius 2 is 1.87 bits per heavy atom. The Morgan fingerprint density at radius 3 is 2.47 bits per heavy atom. The van der Waals surface area contributed by atoms with Gasteiger partial charge in [0, 0.05) is 26.2 Å². The molecule has 1 aliphatic carbocycles. The molecule has 0 aromatic heterocycles. The Hall–Kier alpha value is -0.120. The normalized spacial score (nSPS) is 34.8. The van der Waals surface area contributed by atoms with E-state index in [-0.39, 0.29) is 6.10 Å². The molecule has 2 unspecified atom stereocenters. The van der Waals surface area contributed by atoms with Crippen molar-refractivity contribution in [1.82, 2.24) is 9.80 Å². The third-order valence-electron chi connectivity index (χ3n) is 4.03. The van der Waals surface area contributed by atoms with Gasteiger partial charge in [-0.1, -0.05) is 6.42 Å². The van der Waals surface area contributed by atoms with Crippen LogP contribution in [0.1, 0.15) is 25.7 Å².